The molecule has 0 bridgehead atoms. The molecule has 0 radical (unpaired) electrons. The van der Waals surface area contributed by atoms with E-state index < -0.39 is 18.8 Å². The number of nitrogens with zero attached hydrogens (tertiary/aromatic N) is 1. The van der Waals surface area contributed by atoms with Crippen LogP contribution < -0.4 is 5.32 Å². The summed E-state index contributed by atoms with van der Waals surface area (Å²) in [6.07, 6.45) is 0.796. The maximum atomic E-state index is 12.7. The van der Waals surface area contributed by atoms with Gasteiger partial charge in [0.25, 0.3) is 0 Å². The van der Waals surface area contributed by atoms with Crippen LogP contribution in [0.25, 0.3) is 0 Å². The van der Waals surface area contributed by atoms with Crippen LogP contribution in [0.2, 0.25) is 0 Å². The maximum Gasteiger partial charge on any atom is 0.406 e. The molecule has 3 atom stereocenters. The van der Waals surface area contributed by atoms with Gasteiger partial charge in [0.2, 0.25) is 5.91 Å². The van der Waals surface area contributed by atoms with E-state index in [1.54, 1.807) is 0 Å². The number of halogens is 3. The van der Waals surface area contributed by atoms with Gasteiger partial charge in [-0.05, 0) is 31.1 Å². The Bertz CT molecular complexity index is 356. The van der Waals surface area contributed by atoms with Crippen molar-refractivity contribution in [3.05, 3.63) is 0 Å². The second-order valence-corrected chi connectivity index (χ2v) is 6.83. The van der Waals surface area contributed by atoms with Crippen LogP contribution in [-0.2, 0) is 4.79 Å². The third-order valence-corrected chi connectivity index (χ3v) is 4.43. The summed E-state index contributed by atoms with van der Waals surface area (Å²) >= 11 is 0. The number of hydrogen-bond acceptors (Lipinski definition) is 2. The Morgan fingerprint density at radius 3 is 2.52 bits per heavy atom. The van der Waals surface area contributed by atoms with Crippen molar-refractivity contribution >= 4 is 5.91 Å². The molecule has 0 spiro atoms. The van der Waals surface area contributed by atoms with Gasteiger partial charge in [-0.1, -0.05) is 26.7 Å². The quantitative estimate of drug-likeness (QED) is 0.866. The fourth-order valence-electron chi connectivity index (χ4n) is 3.62. The molecular weight excluding hydrogens is 281 g/mol. The van der Waals surface area contributed by atoms with Crippen LogP contribution in [0.1, 0.15) is 46.0 Å². The predicted molar refractivity (Wildman–Crippen MR) is 74.8 cm³/mol. The first-order valence-corrected chi connectivity index (χ1v) is 7.88. The largest absolute Gasteiger partial charge is 0.406 e. The Morgan fingerprint density at radius 2 is 1.95 bits per heavy atom. The van der Waals surface area contributed by atoms with Crippen molar-refractivity contribution in [1.29, 1.82) is 0 Å². The van der Waals surface area contributed by atoms with E-state index in [1.807, 2.05) is 13.8 Å². The molecule has 1 saturated carbocycles. The highest BCUT2D eigenvalue weighted by molar-refractivity contribution is 5.82. The van der Waals surface area contributed by atoms with Crippen molar-refractivity contribution in [3.8, 4) is 0 Å². The molecule has 2 fully saturated rings. The van der Waals surface area contributed by atoms with Gasteiger partial charge in [0.05, 0.1) is 6.04 Å². The van der Waals surface area contributed by atoms with Crippen molar-refractivity contribution in [3.63, 3.8) is 0 Å². The Hall–Kier alpha value is -0.780. The second kappa shape index (κ2) is 6.55. The van der Waals surface area contributed by atoms with Gasteiger partial charge in [-0.3, -0.25) is 4.79 Å². The monoisotopic (exact) mass is 306 g/mol. The van der Waals surface area contributed by atoms with Crippen LogP contribution in [0.3, 0.4) is 0 Å². The molecule has 2 aliphatic rings. The minimum absolute atomic E-state index is 0.0278. The summed E-state index contributed by atoms with van der Waals surface area (Å²) in [4.78, 5) is 13.5. The number of alkyl halides is 3. The van der Waals surface area contributed by atoms with Gasteiger partial charge < -0.3 is 10.2 Å². The highest BCUT2D eigenvalue weighted by Gasteiger charge is 2.42. The molecule has 3 nitrogen and oxygen atoms in total. The van der Waals surface area contributed by atoms with Crippen molar-refractivity contribution in [2.24, 2.45) is 11.8 Å². The smallest absolute Gasteiger partial charge is 0.332 e. The Labute approximate surface area is 124 Å². The van der Waals surface area contributed by atoms with Crippen LogP contribution in [0.4, 0.5) is 13.2 Å². The summed E-state index contributed by atoms with van der Waals surface area (Å²) in [5, 5.41) is 3.27. The molecule has 122 valence electrons. The van der Waals surface area contributed by atoms with Crippen molar-refractivity contribution < 1.29 is 18.0 Å². The van der Waals surface area contributed by atoms with Crippen LogP contribution in [-0.4, -0.2) is 42.2 Å². The predicted octanol–water partition coefficient (Wildman–Crippen LogP) is 2.95. The number of carbonyl (C=O) groups is 1. The van der Waals surface area contributed by atoms with Gasteiger partial charge >= 0.3 is 6.18 Å². The van der Waals surface area contributed by atoms with E-state index in [4.69, 9.17) is 0 Å². The van der Waals surface area contributed by atoms with Gasteiger partial charge in [-0.25, -0.2) is 0 Å². The molecule has 1 amide bonds. The standard InChI is InChI=1S/C15H25F3N2O/c1-10(2)8-20(9-15(16,17)18)14(21)13-7-11-5-3-4-6-12(11)19-13/h10-13,19H,3-9H2,1-2H3. The molecule has 1 aliphatic heterocycles. The fourth-order valence-corrected chi connectivity index (χ4v) is 3.62. The number of nitrogens with one attached hydrogen (secondary N) is 1. The third kappa shape index (κ3) is 4.59. The Kier molecular flexibility index (Phi) is 5.17. The Balaban J connectivity index is 2.00. The van der Waals surface area contributed by atoms with Crippen molar-refractivity contribution in [2.75, 3.05) is 13.1 Å². The molecule has 1 saturated heterocycles. The molecule has 1 N–H and O–H groups in total. The van der Waals surface area contributed by atoms with Crippen molar-refractivity contribution in [2.45, 2.75) is 64.2 Å². The summed E-state index contributed by atoms with van der Waals surface area (Å²) in [5.41, 5.74) is 0. The van der Waals surface area contributed by atoms with E-state index >= 15 is 0 Å². The second-order valence-electron chi connectivity index (χ2n) is 6.83. The van der Waals surface area contributed by atoms with E-state index in [0.29, 0.717) is 18.4 Å². The first kappa shape index (κ1) is 16.6. The normalized spacial score (nSPS) is 29.5. The molecule has 0 aromatic carbocycles. The molecule has 21 heavy (non-hydrogen) atoms. The number of amides is 1. The van der Waals surface area contributed by atoms with E-state index in [0.717, 1.165) is 24.2 Å². The first-order chi connectivity index (χ1) is 9.76. The highest BCUT2D eigenvalue weighted by Crippen LogP contribution is 2.34. The lowest BCUT2D eigenvalue weighted by Crippen LogP contribution is -2.49. The molecule has 6 heteroatoms. The molecule has 1 heterocycles. The third-order valence-electron chi connectivity index (χ3n) is 4.43. The fraction of sp³-hybridized carbons (Fsp3) is 0.933. The van der Waals surface area contributed by atoms with E-state index in [1.165, 1.54) is 6.42 Å². The van der Waals surface area contributed by atoms with Crippen LogP contribution >= 0.6 is 0 Å². The lowest BCUT2D eigenvalue weighted by molar-refractivity contribution is -0.163. The SMILES string of the molecule is CC(C)CN(CC(F)(F)F)C(=O)C1CC2CCCCC2N1. The zero-order chi connectivity index (χ0) is 15.6. The molecule has 3 unspecified atom stereocenters. The van der Waals surface area contributed by atoms with Crippen LogP contribution in [0.15, 0.2) is 0 Å². The number of hydrogen-bond donors (Lipinski definition) is 1. The number of rotatable bonds is 4. The summed E-state index contributed by atoms with van der Waals surface area (Å²) in [6.45, 7) is 2.68. The zero-order valence-corrected chi connectivity index (χ0v) is 12.7. The van der Waals surface area contributed by atoms with Crippen molar-refractivity contribution in [1.82, 2.24) is 10.2 Å². The molecule has 2 rings (SSSR count). The molecule has 0 aromatic heterocycles. The van der Waals surface area contributed by atoms with Gasteiger partial charge in [0.1, 0.15) is 6.54 Å². The number of carbonyl (C=O) groups excluding carboxylic acids is 1. The zero-order valence-electron chi connectivity index (χ0n) is 12.7. The van der Waals surface area contributed by atoms with E-state index in [2.05, 4.69) is 5.32 Å². The lowest BCUT2D eigenvalue weighted by Gasteiger charge is -2.28. The first-order valence-electron chi connectivity index (χ1n) is 7.88. The minimum atomic E-state index is -4.34. The van der Waals surface area contributed by atoms with Gasteiger partial charge in [0.15, 0.2) is 0 Å². The maximum absolute atomic E-state index is 12.7. The summed E-state index contributed by atoms with van der Waals surface area (Å²) in [7, 11) is 0. The number of fused-ring (bicyclic) bond motifs is 1. The Morgan fingerprint density at radius 1 is 1.29 bits per heavy atom. The molecule has 1 aliphatic carbocycles. The average Bonchev–Trinajstić information content (AvgIpc) is 2.78. The average molecular weight is 306 g/mol. The van der Waals surface area contributed by atoms with Gasteiger partial charge in [0, 0.05) is 12.6 Å². The molecule has 0 aromatic rings. The highest BCUT2D eigenvalue weighted by atomic mass is 19.4. The lowest BCUT2D eigenvalue weighted by atomic mass is 9.85. The summed E-state index contributed by atoms with van der Waals surface area (Å²) in [6, 6.07) is -0.112. The van der Waals surface area contributed by atoms with Crippen LogP contribution in [0.5, 0.6) is 0 Å². The van der Waals surface area contributed by atoms with Crippen LogP contribution in [0, 0.1) is 11.8 Å². The van der Waals surface area contributed by atoms with Gasteiger partial charge in [-0.15, -0.1) is 0 Å². The summed E-state index contributed by atoms with van der Waals surface area (Å²) in [5.74, 6) is 0.106. The molecular formula is C15H25F3N2O. The van der Waals surface area contributed by atoms with E-state index in [9.17, 15) is 18.0 Å². The van der Waals surface area contributed by atoms with E-state index in [-0.39, 0.29) is 18.4 Å². The minimum Gasteiger partial charge on any atom is -0.332 e. The topological polar surface area (TPSA) is 32.3 Å². The van der Waals surface area contributed by atoms with Gasteiger partial charge in [-0.2, -0.15) is 13.2 Å². The summed E-state index contributed by atoms with van der Waals surface area (Å²) < 4.78 is 38.1.